The Hall–Kier alpha value is -7.82. The molecule has 2 aromatic heterocycles. The van der Waals surface area contributed by atoms with Crippen LogP contribution in [0.4, 0.5) is 17.1 Å². The normalized spacial score (nSPS) is 13.2. The van der Waals surface area contributed by atoms with Crippen LogP contribution in [-0.2, 0) is 5.41 Å². The maximum absolute atomic E-state index is 5.48. The molecule has 0 amide bonds. The van der Waals surface area contributed by atoms with Gasteiger partial charge in [-0.3, -0.25) is 4.57 Å². The van der Waals surface area contributed by atoms with Crippen LogP contribution in [0.3, 0.4) is 0 Å². The summed E-state index contributed by atoms with van der Waals surface area (Å²) >= 11 is 0. The second-order valence-electron chi connectivity index (χ2n) is 16.6. The van der Waals surface area contributed by atoms with Crippen LogP contribution in [0.15, 0.2) is 206 Å². The van der Waals surface area contributed by atoms with Gasteiger partial charge in [-0.25, -0.2) is 9.97 Å². The third-order valence-corrected chi connectivity index (χ3v) is 12.8. The Bertz CT molecular complexity index is 3490. The lowest BCUT2D eigenvalue weighted by atomic mass is 9.73. The summed E-state index contributed by atoms with van der Waals surface area (Å²) in [7, 11) is 0. The highest BCUT2D eigenvalue weighted by molar-refractivity contribution is 6.21. The number of para-hydroxylation sites is 3. The van der Waals surface area contributed by atoms with Crippen molar-refractivity contribution < 1.29 is 0 Å². The molecule has 9 aromatic carbocycles. The van der Waals surface area contributed by atoms with E-state index >= 15 is 0 Å². The molecule has 1 aliphatic heterocycles. The summed E-state index contributed by atoms with van der Waals surface area (Å²) in [6.45, 7) is 4.71. The van der Waals surface area contributed by atoms with E-state index in [1.165, 1.54) is 60.7 Å². The second kappa shape index (κ2) is 13.6. The largest absolute Gasteiger partial charge is 0.310 e. The van der Waals surface area contributed by atoms with Crippen molar-refractivity contribution in [1.29, 1.82) is 0 Å². The van der Waals surface area contributed by atoms with Gasteiger partial charge in [0, 0.05) is 32.8 Å². The number of fused-ring (bicyclic) bond motifs is 8. The van der Waals surface area contributed by atoms with Gasteiger partial charge in [0.15, 0.2) is 0 Å². The fourth-order valence-electron chi connectivity index (χ4n) is 9.76. The first-order valence-corrected chi connectivity index (χ1v) is 21.0. The lowest BCUT2D eigenvalue weighted by Gasteiger charge is -2.42. The first kappa shape index (κ1) is 35.2. The summed E-state index contributed by atoms with van der Waals surface area (Å²) in [5, 5.41) is 5.81. The van der Waals surface area contributed by atoms with E-state index in [-0.39, 0.29) is 5.41 Å². The molecule has 0 N–H and O–H groups in total. The van der Waals surface area contributed by atoms with Gasteiger partial charge < -0.3 is 4.90 Å². The van der Waals surface area contributed by atoms with E-state index in [0.717, 1.165) is 44.4 Å². The molecular formula is C57H40N4. The number of nitrogens with zero attached hydrogens (tertiary/aromatic N) is 4. The topological polar surface area (TPSA) is 34.0 Å². The second-order valence-corrected chi connectivity index (χ2v) is 16.6. The van der Waals surface area contributed by atoms with Crippen molar-refractivity contribution in [1.82, 2.24) is 14.5 Å². The fourth-order valence-corrected chi connectivity index (χ4v) is 9.76. The minimum atomic E-state index is -0.222. The van der Waals surface area contributed by atoms with E-state index in [4.69, 9.17) is 9.97 Å². The summed E-state index contributed by atoms with van der Waals surface area (Å²) < 4.78 is 2.28. The number of aromatic nitrogens is 3. The van der Waals surface area contributed by atoms with Crippen LogP contribution in [0, 0.1) is 0 Å². The van der Waals surface area contributed by atoms with Gasteiger partial charge in [-0.1, -0.05) is 172 Å². The molecule has 0 aliphatic carbocycles. The lowest BCUT2D eigenvalue weighted by Crippen LogP contribution is -2.30. The summed E-state index contributed by atoms with van der Waals surface area (Å²) in [5.41, 5.74) is 15.6. The molecule has 12 rings (SSSR count). The minimum Gasteiger partial charge on any atom is -0.310 e. The van der Waals surface area contributed by atoms with Crippen LogP contribution in [-0.4, -0.2) is 14.5 Å². The van der Waals surface area contributed by atoms with E-state index in [0.29, 0.717) is 5.95 Å². The Morgan fingerprint density at radius 1 is 0.410 bits per heavy atom. The third-order valence-electron chi connectivity index (χ3n) is 12.8. The Kier molecular flexibility index (Phi) is 7.85. The molecule has 1 aliphatic rings. The van der Waals surface area contributed by atoms with Crippen molar-refractivity contribution >= 4 is 60.5 Å². The maximum atomic E-state index is 5.48. The molecule has 0 spiro atoms. The van der Waals surface area contributed by atoms with Gasteiger partial charge in [0.25, 0.3) is 0 Å². The third kappa shape index (κ3) is 5.53. The Balaban J connectivity index is 1.07. The van der Waals surface area contributed by atoms with Gasteiger partial charge in [-0.15, -0.1) is 0 Å². The van der Waals surface area contributed by atoms with E-state index in [9.17, 15) is 0 Å². The zero-order valence-electron chi connectivity index (χ0n) is 33.9. The molecule has 0 radical (unpaired) electrons. The highest BCUT2D eigenvalue weighted by Crippen LogP contribution is 2.52. The van der Waals surface area contributed by atoms with Crippen LogP contribution >= 0.6 is 0 Å². The van der Waals surface area contributed by atoms with Crippen molar-refractivity contribution in [2.75, 3.05) is 4.90 Å². The molecule has 11 aromatic rings. The molecule has 3 heterocycles. The van der Waals surface area contributed by atoms with Gasteiger partial charge in [0.05, 0.1) is 33.6 Å². The van der Waals surface area contributed by atoms with Crippen molar-refractivity contribution in [3.8, 4) is 39.5 Å². The summed E-state index contributed by atoms with van der Waals surface area (Å²) in [5.74, 6) is 0.648. The first-order valence-electron chi connectivity index (χ1n) is 21.0. The number of rotatable bonds is 5. The maximum Gasteiger partial charge on any atom is 0.235 e. The molecule has 4 heteroatoms. The molecule has 288 valence electrons. The Morgan fingerprint density at radius 3 is 1.87 bits per heavy atom. The molecule has 0 bridgehead atoms. The smallest absolute Gasteiger partial charge is 0.235 e. The predicted octanol–water partition coefficient (Wildman–Crippen LogP) is 15.0. The van der Waals surface area contributed by atoms with Gasteiger partial charge in [0.2, 0.25) is 5.95 Å². The van der Waals surface area contributed by atoms with Crippen LogP contribution in [0.5, 0.6) is 0 Å². The summed E-state index contributed by atoms with van der Waals surface area (Å²) in [6.07, 6.45) is 0. The van der Waals surface area contributed by atoms with E-state index in [1.54, 1.807) is 0 Å². The molecule has 0 atom stereocenters. The zero-order chi connectivity index (χ0) is 40.7. The Morgan fingerprint density at radius 2 is 1.03 bits per heavy atom. The molecule has 61 heavy (non-hydrogen) atoms. The van der Waals surface area contributed by atoms with Crippen molar-refractivity contribution in [2.24, 2.45) is 0 Å². The van der Waals surface area contributed by atoms with Crippen molar-refractivity contribution in [3.05, 3.63) is 217 Å². The SMILES string of the molecule is CC1(C)c2ccccc2N(c2ccccc2)c2ccc(-c3ccc4c5c6ccccc6ccc5n(-c5nc(-c6ccc(-c7ccccc7)cc6)c6ccccc6n5)c4c3)cc21. The minimum absolute atomic E-state index is 0.222. The van der Waals surface area contributed by atoms with Crippen molar-refractivity contribution in [3.63, 3.8) is 0 Å². The standard InChI is InChI=1S/C57H40N4/c1-57(2)47-22-12-14-24-50(47)60(43-18-7-4-8-19-43)51-33-31-41(35-48(51)57)42-29-32-46-53(36-42)61(52-34-30-39-17-9-10-20-44(39)54(46)52)56-58-49-23-13-11-21-45(49)55(59-56)40-27-25-38(26-28-40)37-15-5-3-6-16-37/h3-36H,1-2H3. The average Bonchev–Trinajstić information content (AvgIpc) is 3.66. The molecular weight excluding hydrogens is 741 g/mol. The number of hydrogen-bond acceptors (Lipinski definition) is 3. The quantitative estimate of drug-likeness (QED) is 0.174. The van der Waals surface area contributed by atoms with E-state index in [1.807, 2.05) is 0 Å². The fraction of sp³-hybridized carbons (Fsp3) is 0.0526. The molecule has 0 fully saturated rings. The molecule has 0 saturated carbocycles. The monoisotopic (exact) mass is 780 g/mol. The Labute approximate surface area is 354 Å². The predicted molar refractivity (Wildman–Crippen MR) is 255 cm³/mol. The number of benzene rings is 9. The van der Waals surface area contributed by atoms with Gasteiger partial charge in [-0.2, -0.15) is 0 Å². The van der Waals surface area contributed by atoms with Crippen LogP contribution < -0.4 is 4.90 Å². The highest BCUT2D eigenvalue weighted by atomic mass is 15.2. The molecule has 0 saturated heterocycles. The van der Waals surface area contributed by atoms with E-state index < -0.39 is 0 Å². The zero-order valence-corrected chi connectivity index (χ0v) is 33.9. The van der Waals surface area contributed by atoms with Gasteiger partial charge in [-0.05, 0) is 92.7 Å². The van der Waals surface area contributed by atoms with E-state index in [2.05, 4.69) is 230 Å². The van der Waals surface area contributed by atoms with Crippen LogP contribution in [0.1, 0.15) is 25.0 Å². The van der Waals surface area contributed by atoms with Crippen molar-refractivity contribution in [2.45, 2.75) is 19.3 Å². The summed E-state index contributed by atoms with van der Waals surface area (Å²) in [4.78, 5) is 13.2. The molecule has 0 unspecified atom stereocenters. The first-order chi connectivity index (χ1) is 30.0. The lowest BCUT2D eigenvalue weighted by molar-refractivity contribution is 0.632. The molecule has 4 nitrogen and oxygen atoms in total. The summed E-state index contributed by atoms with van der Waals surface area (Å²) in [6, 6.07) is 74.3. The van der Waals surface area contributed by atoms with Crippen LogP contribution in [0.2, 0.25) is 0 Å². The van der Waals surface area contributed by atoms with Crippen LogP contribution in [0.25, 0.3) is 82.9 Å². The van der Waals surface area contributed by atoms with Gasteiger partial charge >= 0.3 is 0 Å². The highest BCUT2D eigenvalue weighted by Gasteiger charge is 2.37. The van der Waals surface area contributed by atoms with Gasteiger partial charge in [0.1, 0.15) is 0 Å². The number of anilines is 3. The number of hydrogen-bond donors (Lipinski definition) is 0. The average molecular weight is 781 g/mol.